The third-order valence-corrected chi connectivity index (χ3v) is 23.6. The van der Waals surface area contributed by atoms with Crippen LogP contribution in [-0.4, -0.2) is 86.5 Å². The maximum atomic E-state index is 15.6. The summed E-state index contributed by atoms with van der Waals surface area (Å²) in [5.41, 5.74) is 18.0. The van der Waals surface area contributed by atoms with Crippen LogP contribution in [0.4, 0.5) is 13.2 Å². The van der Waals surface area contributed by atoms with Crippen molar-refractivity contribution in [1.29, 1.82) is 0 Å². The SMILES string of the molecule is CC1(C)OB(c2ccc(F)c(Cl)c2)OC1(C)C.CC1(C)OB(c2nc(-c3ccccc3)cc(-c3ccccc3)n2)OC1(C)C.Clc1cc(-c2ccccc2)nc(-c2ccccc2)n1.Fc1ccc(-c2cc(-c3ccccc3)nc(-c3ccccc3)n2)cc1-c1nc(-c2ccccc2)cc(-c2ccccc2)n1.Fc1ccc(-c2cc(-c3ccccc3)nc(-c3ccccc3)n2)cc1Cl.II(I)I. The van der Waals surface area contributed by atoms with E-state index in [1.807, 2.05) is 383 Å². The fraction of sp³-hybridized carbons (Fsp3) is 0.109. The Morgan fingerprint density at radius 1 is 0.235 bits per heavy atom. The van der Waals surface area contributed by atoms with Crippen molar-refractivity contribution in [3.8, 4) is 147 Å². The van der Waals surface area contributed by atoms with Gasteiger partial charge in [-0.15, -0.1) is 0 Å². The van der Waals surface area contributed by atoms with E-state index < -0.39 is 54.1 Å². The minimum absolute atomic E-state index is 0.0728. The van der Waals surface area contributed by atoms with E-state index in [0.717, 1.165) is 101 Å². The number of hydrogen-bond acceptors (Lipinski definition) is 14. The minimum atomic E-state index is -0.596. The zero-order valence-corrected chi connectivity index (χ0v) is 85.9. The fourth-order valence-corrected chi connectivity index (χ4v) is 14.8. The summed E-state index contributed by atoms with van der Waals surface area (Å²) in [4.78, 5) is 47.3. The van der Waals surface area contributed by atoms with Gasteiger partial charge in [0.1, 0.15) is 22.6 Å². The summed E-state index contributed by atoms with van der Waals surface area (Å²) in [5.74, 6) is 0.864. The Kier molecular flexibility index (Phi) is 33.5. The monoisotopic (exact) mass is 2300 g/mol. The molecule has 0 saturated carbocycles. The van der Waals surface area contributed by atoms with E-state index in [0.29, 0.717) is 62.5 Å². The van der Waals surface area contributed by atoms with Gasteiger partial charge in [-0.1, -0.05) is 344 Å². The Labute approximate surface area is 842 Å². The normalized spacial score (nSPS) is 13.6. The molecule has 18 aromatic rings. The van der Waals surface area contributed by atoms with E-state index in [1.54, 1.807) is 42.5 Å². The second-order valence-electron chi connectivity index (χ2n) is 33.3. The molecular weight excluding hydrogens is 2220 g/mol. The molecule has 26 heteroatoms. The summed E-state index contributed by atoms with van der Waals surface area (Å²) in [7, 11) is -1.45. The molecule has 5 aromatic heterocycles. The molecule has 678 valence electrons. The summed E-state index contributed by atoms with van der Waals surface area (Å²) in [6, 6.07) is 123. The zero-order valence-electron chi connectivity index (χ0n) is 75.0. The van der Waals surface area contributed by atoms with Gasteiger partial charge in [0, 0.05) is 72.8 Å². The van der Waals surface area contributed by atoms with Gasteiger partial charge >= 0.3 is 78.0 Å². The van der Waals surface area contributed by atoms with Crippen LogP contribution in [0.2, 0.25) is 15.2 Å². The van der Waals surface area contributed by atoms with Gasteiger partial charge in [0.15, 0.2) is 29.0 Å². The van der Waals surface area contributed by atoms with Crippen LogP contribution in [0, 0.1) is 17.5 Å². The van der Waals surface area contributed by atoms with Crippen molar-refractivity contribution in [2.24, 2.45) is 0 Å². The fourth-order valence-electron chi connectivity index (χ4n) is 14.3. The van der Waals surface area contributed by atoms with Crippen molar-refractivity contribution in [2.75, 3.05) is 0 Å². The van der Waals surface area contributed by atoms with Gasteiger partial charge in [-0.2, -0.15) is 0 Å². The Morgan fingerprint density at radius 3 is 0.757 bits per heavy atom. The van der Waals surface area contributed by atoms with Gasteiger partial charge in [0.25, 0.3) is 0 Å². The van der Waals surface area contributed by atoms with Gasteiger partial charge in [-0.3, -0.25) is 0 Å². The molecule has 0 amide bonds. The molecule has 0 unspecified atom stereocenters. The second-order valence-corrected chi connectivity index (χ2v) is 83.2. The van der Waals surface area contributed by atoms with Crippen LogP contribution in [0.25, 0.3) is 147 Å². The zero-order chi connectivity index (χ0) is 95.5. The number of halogens is 10. The predicted molar refractivity (Wildman–Crippen MR) is 583 cm³/mol. The van der Waals surface area contributed by atoms with E-state index in [2.05, 4.69) is 70.8 Å². The van der Waals surface area contributed by atoms with Gasteiger partial charge in [-0.25, -0.2) is 63.0 Å². The summed E-state index contributed by atoms with van der Waals surface area (Å²) in [6.45, 7) is 16.0. The molecule has 13 aromatic carbocycles. The van der Waals surface area contributed by atoms with E-state index >= 15 is 4.39 Å². The maximum absolute atomic E-state index is 15.6. The van der Waals surface area contributed by atoms with Crippen LogP contribution in [0.3, 0.4) is 0 Å². The Balaban J connectivity index is 0.000000133. The average molecular weight is 2310 g/mol. The Morgan fingerprint density at radius 2 is 0.463 bits per heavy atom. The summed E-state index contributed by atoms with van der Waals surface area (Å²) in [6.07, 6.45) is 0. The third-order valence-electron chi connectivity index (χ3n) is 22.9. The van der Waals surface area contributed by atoms with Crippen LogP contribution in [0.15, 0.2) is 388 Å². The number of aromatic nitrogens is 10. The van der Waals surface area contributed by atoms with Crippen LogP contribution >= 0.6 is 98.5 Å². The summed E-state index contributed by atoms with van der Waals surface area (Å²) >= 11 is 25.2. The first kappa shape index (κ1) is 99.3. The van der Waals surface area contributed by atoms with Crippen LogP contribution < -0.4 is 11.2 Å². The standard InChI is InChI=1S/C38H25FN4.C22H23BN2O2.C22H14ClFN2.C16H11ClN2.C12H15BClFO2.I4/c39-32-22-21-30(36-25-33(26-13-5-1-6-14-26)40-37(41-36)29-19-11-4-12-20-29)23-31(32)38-42-34(27-15-7-2-8-16-27)24-35(43-38)28-17-9-3-10-18-28;1-21(2)22(3,4)27-23(26-21)20-24-18(16-11-7-5-8-12-16)15-19(25-20)17-13-9-6-10-14-17;23-18-13-17(11-12-19(18)24)21-14-20(15-7-3-1-4-8-15)25-22(26-21)16-9-5-2-6-10-16;17-15-11-14(12-7-3-1-4-8-12)18-16(19-15)13-9-5-2-6-10-13;1-11(2)12(3,4)17-13(16-11)8-5-6-10(15)9(14)7-8;1-4(2)3/h1-25H;5-15H,1-4H3;1-14H;1-11H;5-7H,1-4H3;. The van der Waals surface area contributed by atoms with Crippen LogP contribution in [0.1, 0.15) is 55.4 Å². The summed E-state index contributed by atoms with van der Waals surface area (Å²) in [5, 5.41) is 0.605. The van der Waals surface area contributed by atoms with Gasteiger partial charge in [-0.05, 0) is 134 Å². The van der Waals surface area contributed by atoms with Gasteiger partial charge in [0.2, 0.25) is 0 Å². The van der Waals surface area contributed by atoms with Gasteiger partial charge in [0.05, 0.1) is 89.3 Å². The molecule has 2 fully saturated rings. The van der Waals surface area contributed by atoms with Crippen molar-refractivity contribution >= 4 is 124 Å². The Bertz CT molecular complexity index is 6760. The van der Waals surface area contributed by atoms with Crippen molar-refractivity contribution in [1.82, 2.24) is 49.8 Å². The molecule has 0 spiro atoms. The van der Waals surface area contributed by atoms with E-state index in [4.69, 9.17) is 88.3 Å². The molecule has 2 aliphatic heterocycles. The molecule has 20 rings (SSSR count). The molecule has 2 aliphatic rings. The first-order valence-corrected chi connectivity index (χ1v) is 63.3. The first-order chi connectivity index (χ1) is 65.6. The van der Waals surface area contributed by atoms with Crippen LogP contribution in [0.5, 0.6) is 0 Å². The Hall–Kier alpha value is -11.2. The third kappa shape index (κ3) is 25.8. The molecule has 14 nitrogen and oxygen atoms in total. The van der Waals surface area contributed by atoms with E-state index in [1.165, 1.54) is 18.2 Å². The average Bonchev–Trinajstić information content (AvgIpc) is 1.59. The van der Waals surface area contributed by atoms with Crippen molar-refractivity contribution in [3.63, 3.8) is 0 Å². The predicted octanol–water partition coefficient (Wildman–Crippen LogP) is 30.6. The molecule has 2 saturated heterocycles. The molecule has 7 heterocycles. The number of rotatable bonds is 15. The number of nitrogens with zero attached hydrogens (tertiary/aromatic N) is 10. The van der Waals surface area contributed by atoms with Crippen molar-refractivity contribution < 1.29 is 31.8 Å². The molecule has 0 bridgehead atoms. The topological polar surface area (TPSA) is 166 Å². The van der Waals surface area contributed by atoms with Crippen molar-refractivity contribution in [3.05, 3.63) is 421 Å². The van der Waals surface area contributed by atoms with E-state index in [9.17, 15) is 8.78 Å². The summed E-state index contributed by atoms with van der Waals surface area (Å²) < 4.78 is 66.3. The van der Waals surface area contributed by atoms with Crippen LogP contribution in [-0.2, 0) is 18.6 Å². The van der Waals surface area contributed by atoms with Crippen molar-refractivity contribution in [2.45, 2.75) is 77.8 Å². The molecular formula is C110H88B2Cl3F3I4N10O4. The first-order valence-electron chi connectivity index (χ1n) is 43.3. The molecule has 0 N–H and O–H groups in total. The molecule has 0 aliphatic carbocycles. The number of hydrogen-bond donors (Lipinski definition) is 0. The molecule has 0 radical (unpaired) electrons. The number of benzene rings is 13. The van der Waals surface area contributed by atoms with Gasteiger partial charge < -0.3 is 18.6 Å². The molecule has 0 atom stereocenters. The quantitative estimate of drug-likeness (QED) is 0.0540. The van der Waals surface area contributed by atoms with E-state index in [-0.39, 0.29) is 17.9 Å². The molecule has 136 heavy (non-hydrogen) atoms. The second kappa shape index (κ2) is 45.8.